The van der Waals surface area contributed by atoms with Crippen LogP contribution in [-0.2, 0) is 14.3 Å². The van der Waals surface area contributed by atoms with Gasteiger partial charge in [-0.15, -0.1) is 0 Å². The Balaban J connectivity index is 1.58. The van der Waals surface area contributed by atoms with Crippen LogP contribution in [0.1, 0.15) is 58.6 Å². The molecule has 0 bridgehead atoms. The lowest BCUT2D eigenvalue weighted by molar-refractivity contribution is -0.149. The standard InChI is InChI=1S/C22H28N2O4/c1-14(17-11-16-7-5-6-8-18(16)23-13-17)27-20(25)12-19(15-9-10-15)24-21(26)28-22(2,3)4/h5-8,11,13-15,19H,9-10,12H2,1-4H3,(H,24,26)/t14-,19-/m0/s1. The van der Waals surface area contributed by atoms with Gasteiger partial charge in [-0.2, -0.15) is 0 Å². The summed E-state index contributed by atoms with van der Waals surface area (Å²) in [5.41, 5.74) is 1.17. The molecule has 1 aromatic carbocycles. The van der Waals surface area contributed by atoms with E-state index in [-0.39, 0.29) is 18.4 Å². The minimum Gasteiger partial charge on any atom is -0.458 e. The normalized spacial score (nSPS) is 16.3. The number of para-hydroxylation sites is 1. The Kier molecular flexibility index (Phi) is 5.87. The van der Waals surface area contributed by atoms with Crippen molar-refractivity contribution >= 4 is 23.0 Å². The summed E-state index contributed by atoms with van der Waals surface area (Å²) >= 11 is 0. The Bertz CT molecular complexity index is 855. The van der Waals surface area contributed by atoms with Gasteiger partial charge in [0.2, 0.25) is 0 Å². The molecule has 150 valence electrons. The largest absolute Gasteiger partial charge is 0.458 e. The quantitative estimate of drug-likeness (QED) is 0.740. The summed E-state index contributed by atoms with van der Waals surface area (Å²) in [6.07, 6.45) is 2.96. The van der Waals surface area contributed by atoms with Crippen LogP contribution in [0.15, 0.2) is 36.5 Å². The molecule has 6 heteroatoms. The van der Waals surface area contributed by atoms with E-state index in [1.54, 1.807) is 6.20 Å². The molecule has 3 rings (SSSR count). The number of rotatable bonds is 6. The predicted molar refractivity (Wildman–Crippen MR) is 107 cm³/mol. The van der Waals surface area contributed by atoms with E-state index in [0.29, 0.717) is 5.92 Å². The second-order valence-electron chi connectivity index (χ2n) is 8.39. The van der Waals surface area contributed by atoms with Crippen LogP contribution in [0.2, 0.25) is 0 Å². The number of nitrogens with one attached hydrogen (secondary N) is 1. The molecule has 1 N–H and O–H groups in total. The monoisotopic (exact) mass is 384 g/mol. The van der Waals surface area contributed by atoms with Crippen molar-refractivity contribution in [3.63, 3.8) is 0 Å². The molecule has 2 aromatic rings. The minimum atomic E-state index is -0.573. The number of nitrogens with zero attached hydrogens (tertiary/aromatic N) is 1. The molecule has 1 aliphatic carbocycles. The van der Waals surface area contributed by atoms with Crippen molar-refractivity contribution in [1.29, 1.82) is 0 Å². The van der Waals surface area contributed by atoms with E-state index < -0.39 is 17.8 Å². The van der Waals surface area contributed by atoms with Crippen LogP contribution in [-0.4, -0.2) is 28.7 Å². The van der Waals surface area contributed by atoms with Crippen LogP contribution in [0.4, 0.5) is 4.79 Å². The minimum absolute atomic E-state index is 0.134. The second-order valence-corrected chi connectivity index (χ2v) is 8.39. The van der Waals surface area contributed by atoms with Crippen LogP contribution < -0.4 is 5.32 Å². The Morgan fingerprint density at radius 3 is 2.64 bits per heavy atom. The fourth-order valence-electron chi connectivity index (χ4n) is 3.10. The van der Waals surface area contributed by atoms with E-state index in [0.717, 1.165) is 29.3 Å². The topological polar surface area (TPSA) is 77.5 Å². The lowest BCUT2D eigenvalue weighted by Gasteiger charge is -2.23. The number of benzene rings is 1. The van der Waals surface area contributed by atoms with Crippen LogP contribution in [0.3, 0.4) is 0 Å². The Labute approximate surface area is 165 Å². The first-order valence-corrected chi connectivity index (χ1v) is 9.75. The fraction of sp³-hybridized carbons (Fsp3) is 0.500. The maximum Gasteiger partial charge on any atom is 0.407 e. The van der Waals surface area contributed by atoms with Gasteiger partial charge in [0.05, 0.1) is 11.9 Å². The molecule has 0 aliphatic heterocycles. The smallest absolute Gasteiger partial charge is 0.407 e. The fourth-order valence-corrected chi connectivity index (χ4v) is 3.10. The van der Waals surface area contributed by atoms with Crippen LogP contribution >= 0.6 is 0 Å². The molecule has 28 heavy (non-hydrogen) atoms. The molecule has 0 saturated heterocycles. The van der Waals surface area contributed by atoms with Gasteiger partial charge in [0.15, 0.2) is 0 Å². The maximum atomic E-state index is 12.5. The zero-order valence-electron chi connectivity index (χ0n) is 16.9. The molecular formula is C22H28N2O4. The SMILES string of the molecule is C[C@H](OC(=O)C[C@H](NC(=O)OC(C)(C)C)C1CC1)c1cnc2ccccc2c1. The molecule has 1 aliphatic rings. The van der Waals surface area contributed by atoms with Gasteiger partial charge in [-0.3, -0.25) is 9.78 Å². The zero-order valence-corrected chi connectivity index (χ0v) is 16.9. The lowest BCUT2D eigenvalue weighted by Crippen LogP contribution is -2.41. The third kappa shape index (κ3) is 5.68. The van der Waals surface area contributed by atoms with Gasteiger partial charge in [-0.25, -0.2) is 4.79 Å². The summed E-state index contributed by atoms with van der Waals surface area (Å²) in [6, 6.07) is 9.54. The van der Waals surface area contributed by atoms with E-state index >= 15 is 0 Å². The molecule has 0 unspecified atom stereocenters. The number of carbonyl (C=O) groups is 2. The number of hydrogen-bond acceptors (Lipinski definition) is 5. The number of carbonyl (C=O) groups excluding carboxylic acids is 2. The van der Waals surface area contributed by atoms with Crippen molar-refractivity contribution in [3.8, 4) is 0 Å². The highest BCUT2D eigenvalue weighted by Gasteiger charge is 2.35. The summed E-state index contributed by atoms with van der Waals surface area (Å²) in [5, 5.41) is 3.83. The first-order valence-electron chi connectivity index (χ1n) is 9.75. The molecule has 1 fully saturated rings. The van der Waals surface area contributed by atoms with Gasteiger partial charge in [-0.1, -0.05) is 18.2 Å². The van der Waals surface area contributed by atoms with Crippen molar-refractivity contribution in [2.75, 3.05) is 0 Å². The highest BCUT2D eigenvalue weighted by atomic mass is 16.6. The van der Waals surface area contributed by atoms with Crippen LogP contribution in [0.5, 0.6) is 0 Å². The molecule has 2 atom stereocenters. The molecule has 1 aromatic heterocycles. The van der Waals surface area contributed by atoms with Crippen molar-refractivity contribution in [3.05, 3.63) is 42.1 Å². The van der Waals surface area contributed by atoms with Gasteiger partial charge in [0, 0.05) is 23.2 Å². The number of pyridine rings is 1. The summed E-state index contributed by atoms with van der Waals surface area (Å²) in [6.45, 7) is 7.27. The highest BCUT2D eigenvalue weighted by molar-refractivity contribution is 5.79. The van der Waals surface area contributed by atoms with Crippen molar-refractivity contribution in [2.24, 2.45) is 5.92 Å². The number of fused-ring (bicyclic) bond motifs is 1. The van der Waals surface area contributed by atoms with Gasteiger partial charge < -0.3 is 14.8 Å². The first kappa shape index (κ1) is 20.1. The lowest BCUT2D eigenvalue weighted by atomic mass is 10.1. The van der Waals surface area contributed by atoms with E-state index in [9.17, 15) is 9.59 Å². The highest BCUT2D eigenvalue weighted by Crippen LogP contribution is 2.34. The summed E-state index contributed by atoms with van der Waals surface area (Å²) < 4.78 is 10.9. The third-order valence-electron chi connectivity index (χ3n) is 4.67. The van der Waals surface area contributed by atoms with Gasteiger partial charge in [-0.05, 0) is 58.6 Å². The third-order valence-corrected chi connectivity index (χ3v) is 4.67. The number of esters is 1. The van der Waals surface area contributed by atoms with Crippen LogP contribution in [0.25, 0.3) is 10.9 Å². The molecule has 1 saturated carbocycles. The average molecular weight is 384 g/mol. The van der Waals surface area contributed by atoms with Gasteiger partial charge in [0.25, 0.3) is 0 Å². The van der Waals surface area contributed by atoms with Crippen molar-refractivity contribution in [2.45, 2.75) is 64.7 Å². The van der Waals surface area contributed by atoms with Crippen LogP contribution in [0, 0.1) is 5.92 Å². The number of amides is 1. The van der Waals surface area contributed by atoms with Crippen molar-refractivity contribution in [1.82, 2.24) is 10.3 Å². The number of aromatic nitrogens is 1. The maximum absolute atomic E-state index is 12.5. The van der Waals surface area contributed by atoms with Crippen molar-refractivity contribution < 1.29 is 19.1 Å². The summed E-state index contributed by atoms with van der Waals surface area (Å²) in [5.74, 6) is -0.0358. The number of hydrogen-bond donors (Lipinski definition) is 1. The molecular weight excluding hydrogens is 356 g/mol. The molecule has 0 radical (unpaired) electrons. The molecule has 6 nitrogen and oxygen atoms in total. The second kappa shape index (κ2) is 8.17. The Morgan fingerprint density at radius 2 is 1.96 bits per heavy atom. The van der Waals surface area contributed by atoms with E-state index in [1.165, 1.54) is 0 Å². The van der Waals surface area contributed by atoms with E-state index in [1.807, 2.05) is 58.0 Å². The van der Waals surface area contributed by atoms with Gasteiger partial charge in [0.1, 0.15) is 11.7 Å². The summed E-state index contributed by atoms with van der Waals surface area (Å²) in [7, 11) is 0. The number of alkyl carbamates (subject to hydrolysis) is 1. The first-order chi connectivity index (χ1) is 13.2. The molecule has 0 spiro atoms. The van der Waals surface area contributed by atoms with Gasteiger partial charge >= 0.3 is 12.1 Å². The molecule has 1 heterocycles. The van der Waals surface area contributed by atoms with E-state index in [2.05, 4.69) is 10.3 Å². The Hall–Kier alpha value is -2.63. The predicted octanol–water partition coefficient (Wildman–Crippen LogP) is 4.53. The average Bonchev–Trinajstić information content (AvgIpc) is 3.44. The summed E-state index contributed by atoms with van der Waals surface area (Å²) in [4.78, 5) is 28.9. The number of ether oxygens (including phenoxy) is 2. The zero-order chi connectivity index (χ0) is 20.3. The Morgan fingerprint density at radius 1 is 1.25 bits per heavy atom. The molecule has 1 amide bonds. The van der Waals surface area contributed by atoms with E-state index in [4.69, 9.17) is 9.47 Å².